The van der Waals surface area contributed by atoms with Gasteiger partial charge in [-0.3, -0.25) is 0 Å². The van der Waals surface area contributed by atoms with Crippen LogP contribution in [0.25, 0.3) is 0 Å². The van der Waals surface area contributed by atoms with E-state index in [1.165, 1.54) is 37.7 Å². The van der Waals surface area contributed by atoms with E-state index >= 15 is 0 Å². The average Bonchev–Trinajstić information content (AvgIpc) is 3.06. The second kappa shape index (κ2) is 3.80. The molecule has 0 amide bonds. The zero-order valence-corrected chi connectivity index (χ0v) is 10.7. The van der Waals surface area contributed by atoms with Crippen molar-refractivity contribution in [2.45, 2.75) is 43.9 Å². The number of nitrogens with one attached hydrogen (secondary N) is 1. The van der Waals surface area contributed by atoms with Crippen LogP contribution >= 0.6 is 0 Å². The normalized spacial score (nSPS) is 29.5. The van der Waals surface area contributed by atoms with Gasteiger partial charge in [-0.2, -0.15) is 0 Å². The van der Waals surface area contributed by atoms with Crippen LogP contribution in [0.1, 0.15) is 55.1 Å². The quantitative estimate of drug-likeness (QED) is 0.840. The minimum absolute atomic E-state index is 0.0220. The molecule has 0 aromatic heterocycles. The standard InChI is InChI=1S/C16H20FN/c17-15-4-3-12(11-1-2-11)7-14(15)13-5-6-16(8-13)9-18-10-16/h3-4,7,11,13,18H,1-2,5-6,8-10H2. The Morgan fingerprint density at radius 2 is 1.94 bits per heavy atom. The highest BCUT2D eigenvalue weighted by Crippen LogP contribution is 2.50. The van der Waals surface area contributed by atoms with Crippen LogP contribution in [0.4, 0.5) is 4.39 Å². The monoisotopic (exact) mass is 245 g/mol. The summed E-state index contributed by atoms with van der Waals surface area (Å²) in [6.07, 6.45) is 6.22. The summed E-state index contributed by atoms with van der Waals surface area (Å²) in [5.74, 6) is 1.21. The first kappa shape index (κ1) is 11.0. The molecule has 1 saturated heterocycles. The SMILES string of the molecule is Fc1ccc(C2CC2)cc1C1CCC2(CNC2)C1. The molecule has 1 aliphatic heterocycles. The van der Waals surface area contributed by atoms with Crippen molar-refractivity contribution < 1.29 is 4.39 Å². The number of benzene rings is 1. The number of hydrogen-bond acceptors (Lipinski definition) is 1. The van der Waals surface area contributed by atoms with Gasteiger partial charge in [0.15, 0.2) is 0 Å². The first-order chi connectivity index (χ1) is 8.76. The molecule has 1 aromatic carbocycles. The molecule has 2 saturated carbocycles. The van der Waals surface area contributed by atoms with E-state index in [1.54, 1.807) is 6.07 Å². The highest BCUT2D eigenvalue weighted by molar-refractivity contribution is 5.33. The van der Waals surface area contributed by atoms with Gasteiger partial charge < -0.3 is 5.32 Å². The lowest BCUT2D eigenvalue weighted by Crippen LogP contribution is -2.51. The molecule has 1 nitrogen and oxygen atoms in total. The maximum absolute atomic E-state index is 14.1. The summed E-state index contributed by atoms with van der Waals surface area (Å²) in [7, 11) is 0. The molecule has 18 heavy (non-hydrogen) atoms. The number of hydrogen-bond donors (Lipinski definition) is 1. The van der Waals surface area contributed by atoms with Gasteiger partial charge in [-0.25, -0.2) is 4.39 Å². The van der Waals surface area contributed by atoms with Crippen LogP contribution in [0.2, 0.25) is 0 Å². The third kappa shape index (κ3) is 1.70. The molecule has 1 spiro atoms. The molecule has 1 atom stereocenters. The number of rotatable bonds is 2. The molecule has 2 heteroatoms. The Hall–Kier alpha value is -0.890. The van der Waals surface area contributed by atoms with E-state index < -0.39 is 0 Å². The average molecular weight is 245 g/mol. The third-order valence-corrected chi connectivity index (χ3v) is 5.21. The zero-order chi connectivity index (χ0) is 12.2. The van der Waals surface area contributed by atoms with Crippen LogP contribution in [0.5, 0.6) is 0 Å². The van der Waals surface area contributed by atoms with Gasteiger partial charge >= 0.3 is 0 Å². The lowest BCUT2D eigenvalue weighted by atomic mass is 9.79. The molecule has 3 aliphatic rings. The molecule has 4 rings (SSSR count). The Bertz CT molecular complexity index is 474. The van der Waals surface area contributed by atoms with Gasteiger partial charge in [0.1, 0.15) is 5.82 Å². The highest BCUT2D eigenvalue weighted by Gasteiger charge is 2.44. The first-order valence-corrected chi connectivity index (χ1v) is 7.26. The van der Waals surface area contributed by atoms with Crippen LogP contribution < -0.4 is 5.32 Å². The maximum atomic E-state index is 14.1. The summed E-state index contributed by atoms with van der Waals surface area (Å²) >= 11 is 0. The van der Waals surface area contributed by atoms with Gasteiger partial charge in [-0.15, -0.1) is 0 Å². The highest BCUT2D eigenvalue weighted by atomic mass is 19.1. The summed E-state index contributed by atoms with van der Waals surface area (Å²) in [5.41, 5.74) is 2.88. The topological polar surface area (TPSA) is 12.0 Å². The van der Waals surface area contributed by atoms with Crippen LogP contribution in [0.3, 0.4) is 0 Å². The van der Waals surface area contributed by atoms with Crippen LogP contribution in [0, 0.1) is 11.2 Å². The second-order valence-electron chi connectivity index (χ2n) is 6.60. The Kier molecular flexibility index (Phi) is 2.32. The van der Waals surface area contributed by atoms with Gasteiger partial charge in [0.2, 0.25) is 0 Å². The molecule has 1 N–H and O–H groups in total. The summed E-state index contributed by atoms with van der Waals surface area (Å²) in [4.78, 5) is 0. The Morgan fingerprint density at radius 3 is 2.56 bits per heavy atom. The Balaban J connectivity index is 1.61. The molecule has 3 fully saturated rings. The zero-order valence-electron chi connectivity index (χ0n) is 10.7. The Labute approximate surface area is 108 Å². The first-order valence-electron chi connectivity index (χ1n) is 7.26. The molecule has 96 valence electrons. The maximum Gasteiger partial charge on any atom is 0.126 e. The van der Waals surface area contributed by atoms with Gasteiger partial charge in [-0.1, -0.05) is 12.1 Å². The van der Waals surface area contributed by atoms with E-state index in [1.807, 2.05) is 6.07 Å². The van der Waals surface area contributed by atoms with Crippen molar-refractivity contribution in [2.75, 3.05) is 13.1 Å². The molecule has 2 aliphatic carbocycles. The van der Waals surface area contributed by atoms with Gasteiger partial charge in [-0.05, 0) is 66.5 Å². The molecule has 1 unspecified atom stereocenters. The minimum Gasteiger partial charge on any atom is -0.316 e. The predicted octanol–water partition coefficient (Wildman–Crippen LogP) is 3.56. The van der Waals surface area contributed by atoms with Gasteiger partial charge in [0, 0.05) is 13.1 Å². The predicted molar refractivity (Wildman–Crippen MR) is 70.3 cm³/mol. The molecular weight excluding hydrogens is 225 g/mol. The van der Waals surface area contributed by atoms with Crippen molar-refractivity contribution in [1.29, 1.82) is 0 Å². The van der Waals surface area contributed by atoms with E-state index in [-0.39, 0.29) is 5.82 Å². The van der Waals surface area contributed by atoms with Gasteiger partial charge in [0.05, 0.1) is 0 Å². The number of halogens is 1. The lowest BCUT2D eigenvalue weighted by molar-refractivity contribution is 0.175. The van der Waals surface area contributed by atoms with E-state index in [2.05, 4.69) is 11.4 Å². The van der Waals surface area contributed by atoms with E-state index in [0.29, 0.717) is 11.3 Å². The molecule has 1 aromatic rings. The largest absolute Gasteiger partial charge is 0.316 e. The van der Waals surface area contributed by atoms with E-state index in [0.717, 1.165) is 24.6 Å². The van der Waals surface area contributed by atoms with Crippen molar-refractivity contribution in [3.05, 3.63) is 35.1 Å². The fourth-order valence-electron chi connectivity index (χ4n) is 3.82. The van der Waals surface area contributed by atoms with Crippen LogP contribution in [-0.4, -0.2) is 13.1 Å². The fourth-order valence-corrected chi connectivity index (χ4v) is 3.82. The van der Waals surface area contributed by atoms with Crippen LogP contribution in [0.15, 0.2) is 18.2 Å². The van der Waals surface area contributed by atoms with Crippen molar-refractivity contribution in [1.82, 2.24) is 5.32 Å². The molecule has 0 bridgehead atoms. The van der Waals surface area contributed by atoms with E-state index in [4.69, 9.17) is 0 Å². The van der Waals surface area contributed by atoms with Crippen molar-refractivity contribution in [2.24, 2.45) is 5.41 Å². The van der Waals surface area contributed by atoms with E-state index in [9.17, 15) is 4.39 Å². The Morgan fingerprint density at radius 1 is 1.11 bits per heavy atom. The van der Waals surface area contributed by atoms with Crippen molar-refractivity contribution in [3.63, 3.8) is 0 Å². The summed E-state index contributed by atoms with van der Waals surface area (Å²) < 4.78 is 14.1. The smallest absolute Gasteiger partial charge is 0.126 e. The summed E-state index contributed by atoms with van der Waals surface area (Å²) in [6.45, 7) is 2.29. The second-order valence-corrected chi connectivity index (χ2v) is 6.60. The van der Waals surface area contributed by atoms with Crippen molar-refractivity contribution in [3.8, 4) is 0 Å². The molecule has 1 heterocycles. The summed E-state index contributed by atoms with van der Waals surface area (Å²) in [6, 6.07) is 5.86. The lowest BCUT2D eigenvalue weighted by Gasteiger charge is -2.39. The fraction of sp³-hybridized carbons (Fsp3) is 0.625. The third-order valence-electron chi connectivity index (χ3n) is 5.21. The summed E-state index contributed by atoms with van der Waals surface area (Å²) in [5, 5.41) is 3.38. The molecule has 0 radical (unpaired) electrons. The van der Waals surface area contributed by atoms with Crippen LogP contribution in [-0.2, 0) is 0 Å². The molecular formula is C16H20FN. The van der Waals surface area contributed by atoms with Crippen molar-refractivity contribution >= 4 is 0 Å². The minimum atomic E-state index is 0.0220. The van der Waals surface area contributed by atoms with Gasteiger partial charge in [0.25, 0.3) is 0 Å².